The van der Waals surface area contributed by atoms with E-state index in [1.54, 1.807) is 12.3 Å². The average Bonchev–Trinajstić information content (AvgIpc) is 2.34. The number of aromatic nitrogens is 1. The first kappa shape index (κ1) is 5.68. The van der Waals surface area contributed by atoms with E-state index in [0.717, 1.165) is 5.56 Å². The Morgan fingerprint density at radius 3 is 3.40 bits per heavy atom. The summed E-state index contributed by atoms with van der Waals surface area (Å²) in [5.41, 5.74) is 0.794. The molecule has 0 spiro atoms. The minimum atomic E-state index is -0.483. The van der Waals surface area contributed by atoms with Crippen LogP contribution in [-0.4, -0.2) is 16.7 Å². The van der Waals surface area contributed by atoms with Crippen LogP contribution in [0.25, 0.3) is 0 Å². The Hall–Kier alpha value is -1.09. The second-order valence-corrected chi connectivity index (χ2v) is 2.22. The third kappa shape index (κ3) is 0.675. The summed E-state index contributed by atoms with van der Waals surface area (Å²) in [4.78, 5) is 3.93. The molecule has 1 aliphatic rings. The smallest absolute Gasteiger partial charge is 0.219 e. The van der Waals surface area contributed by atoms with Crippen LogP contribution in [0.3, 0.4) is 0 Å². The molecule has 0 amide bonds. The van der Waals surface area contributed by atoms with E-state index in [2.05, 4.69) is 4.98 Å². The van der Waals surface area contributed by atoms with Crippen molar-refractivity contribution in [1.29, 1.82) is 0 Å². The highest BCUT2D eigenvalue weighted by Gasteiger charge is 2.21. The van der Waals surface area contributed by atoms with Crippen molar-refractivity contribution in [3.8, 4) is 5.88 Å². The monoisotopic (exact) mass is 137 g/mol. The molecule has 3 heteroatoms. The fraction of sp³-hybridized carbons (Fsp3) is 0.286. The van der Waals surface area contributed by atoms with Gasteiger partial charge in [-0.25, -0.2) is 4.98 Å². The number of aliphatic hydroxyl groups is 1. The quantitative estimate of drug-likeness (QED) is 0.566. The molecule has 1 aromatic heterocycles. The van der Waals surface area contributed by atoms with E-state index < -0.39 is 6.10 Å². The van der Waals surface area contributed by atoms with Crippen LogP contribution in [0.1, 0.15) is 11.7 Å². The SMILES string of the molecule is O[C@@H]1COc2ncccc21. The molecule has 1 atom stereocenters. The molecule has 1 aliphatic heterocycles. The summed E-state index contributed by atoms with van der Waals surface area (Å²) < 4.78 is 5.05. The van der Waals surface area contributed by atoms with Crippen LogP contribution in [-0.2, 0) is 0 Å². The van der Waals surface area contributed by atoms with Crippen molar-refractivity contribution in [2.45, 2.75) is 6.10 Å². The summed E-state index contributed by atoms with van der Waals surface area (Å²) in [5, 5.41) is 9.22. The second-order valence-electron chi connectivity index (χ2n) is 2.22. The lowest BCUT2D eigenvalue weighted by Gasteiger charge is -1.95. The molecule has 2 rings (SSSR count). The Balaban J connectivity index is 2.51. The fourth-order valence-electron chi connectivity index (χ4n) is 1.03. The van der Waals surface area contributed by atoms with Crippen molar-refractivity contribution in [3.63, 3.8) is 0 Å². The van der Waals surface area contributed by atoms with Crippen LogP contribution in [0.5, 0.6) is 5.88 Å². The van der Waals surface area contributed by atoms with Gasteiger partial charge in [-0.1, -0.05) is 0 Å². The van der Waals surface area contributed by atoms with Crippen molar-refractivity contribution in [3.05, 3.63) is 23.9 Å². The van der Waals surface area contributed by atoms with Gasteiger partial charge in [-0.15, -0.1) is 0 Å². The van der Waals surface area contributed by atoms with E-state index in [4.69, 9.17) is 4.74 Å². The summed E-state index contributed by atoms with van der Waals surface area (Å²) in [6.45, 7) is 0.340. The lowest BCUT2D eigenvalue weighted by atomic mass is 10.2. The second kappa shape index (κ2) is 1.95. The largest absolute Gasteiger partial charge is 0.474 e. The maximum Gasteiger partial charge on any atom is 0.219 e. The Labute approximate surface area is 58.3 Å². The molecule has 0 bridgehead atoms. The third-order valence-corrected chi connectivity index (χ3v) is 1.54. The van der Waals surface area contributed by atoms with Crippen molar-refractivity contribution >= 4 is 0 Å². The number of rotatable bonds is 0. The van der Waals surface area contributed by atoms with Crippen molar-refractivity contribution in [2.24, 2.45) is 0 Å². The van der Waals surface area contributed by atoms with Gasteiger partial charge < -0.3 is 9.84 Å². The zero-order valence-corrected chi connectivity index (χ0v) is 5.32. The minimum Gasteiger partial charge on any atom is -0.474 e. The maximum atomic E-state index is 9.22. The van der Waals surface area contributed by atoms with Crippen LogP contribution in [0.2, 0.25) is 0 Å². The summed E-state index contributed by atoms with van der Waals surface area (Å²) in [6.07, 6.45) is 1.17. The standard InChI is InChI=1S/C7H7NO2/c9-6-4-10-7-5(6)2-1-3-8-7/h1-3,6,9H,4H2/t6-/m1/s1. The number of nitrogens with zero attached hydrogens (tertiary/aromatic N) is 1. The number of pyridine rings is 1. The molecule has 0 saturated heterocycles. The molecular weight excluding hydrogens is 130 g/mol. The highest BCUT2D eigenvalue weighted by molar-refractivity contribution is 5.30. The number of aliphatic hydroxyl groups excluding tert-OH is 1. The average molecular weight is 137 g/mol. The highest BCUT2D eigenvalue weighted by Crippen LogP contribution is 2.28. The normalized spacial score (nSPS) is 21.9. The number of hydrogen-bond acceptors (Lipinski definition) is 3. The fourth-order valence-corrected chi connectivity index (χ4v) is 1.03. The van der Waals surface area contributed by atoms with E-state index in [-0.39, 0.29) is 0 Å². The number of fused-ring (bicyclic) bond motifs is 1. The third-order valence-electron chi connectivity index (χ3n) is 1.54. The van der Waals surface area contributed by atoms with Crippen molar-refractivity contribution < 1.29 is 9.84 Å². The lowest BCUT2D eigenvalue weighted by molar-refractivity contribution is 0.139. The molecule has 0 radical (unpaired) electrons. The lowest BCUT2D eigenvalue weighted by Crippen LogP contribution is -1.97. The summed E-state index contributed by atoms with van der Waals surface area (Å²) in [6, 6.07) is 3.61. The van der Waals surface area contributed by atoms with Crippen molar-refractivity contribution in [2.75, 3.05) is 6.61 Å². The Morgan fingerprint density at radius 1 is 1.70 bits per heavy atom. The van der Waals surface area contributed by atoms with E-state index in [1.165, 1.54) is 0 Å². The van der Waals surface area contributed by atoms with Gasteiger partial charge in [0, 0.05) is 11.8 Å². The molecule has 2 heterocycles. The zero-order chi connectivity index (χ0) is 6.97. The molecule has 0 fully saturated rings. The molecule has 52 valence electrons. The molecule has 0 unspecified atom stereocenters. The van der Waals surface area contributed by atoms with E-state index in [9.17, 15) is 5.11 Å². The highest BCUT2D eigenvalue weighted by atomic mass is 16.5. The van der Waals surface area contributed by atoms with Gasteiger partial charge in [-0.3, -0.25) is 0 Å². The van der Waals surface area contributed by atoms with Gasteiger partial charge in [-0.05, 0) is 12.1 Å². The molecule has 10 heavy (non-hydrogen) atoms. The van der Waals surface area contributed by atoms with Crippen LogP contribution in [0.15, 0.2) is 18.3 Å². The summed E-state index contributed by atoms with van der Waals surface area (Å²) >= 11 is 0. The Bertz CT molecular complexity index is 249. The first-order valence-electron chi connectivity index (χ1n) is 3.14. The topological polar surface area (TPSA) is 42.4 Å². The van der Waals surface area contributed by atoms with Gasteiger partial charge >= 0.3 is 0 Å². The van der Waals surface area contributed by atoms with Gasteiger partial charge in [0.05, 0.1) is 0 Å². The number of ether oxygens (including phenoxy) is 1. The maximum absolute atomic E-state index is 9.22. The van der Waals surface area contributed by atoms with Gasteiger partial charge in [-0.2, -0.15) is 0 Å². The van der Waals surface area contributed by atoms with Crippen LogP contribution in [0.4, 0.5) is 0 Å². The molecule has 1 N–H and O–H groups in total. The molecule has 3 nitrogen and oxygen atoms in total. The Kier molecular flexibility index (Phi) is 1.11. The first-order chi connectivity index (χ1) is 4.88. The predicted molar refractivity (Wildman–Crippen MR) is 34.7 cm³/mol. The van der Waals surface area contributed by atoms with Gasteiger partial charge in [0.2, 0.25) is 5.88 Å². The first-order valence-corrected chi connectivity index (χ1v) is 3.14. The van der Waals surface area contributed by atoms with Gasteiger partial charge in [0.1, 0.15) is 12.7 Å². The summed E-state index contributed by atoms with van der Waals surface area (Å²) in [7, 11) is 0. The molecule has 0 saturated carbocycles. The predicted octanol–water partition coefficient (Wildman–Crippen LogP) is 0.507. The van der Waals surface area contributed by atoms with Crippen LogP contribution >= 0.6 is 0 Å². The minimum absolute atomic E-state index is 0.340. The van der Waals surface area contributed by atoms with Gasteiger partial charge in [0.15, 0.2) is 0 Å². The molecule has 0 aromatic carbocycles. The Morgan fingerprint density at radius 2 is 2.60 bits per heavy atom. The van der Waals surface area contributed by atoms with E-state index in [0.29, 0.717) is 12.5 Å². The zero-order valence-electron chi connectivity index (χ0n) is 5.32. The summed E-state index contributed by atoms with van der Waals surface area (Å²) in [5.74, 6) is 0.565. The van der Waals surface area contributed by atoms with Crippen LogP contribution in [0, 0.1) is 0 Å². The number of hydrogen-bond donors (Lipinski definition) is 1. The van der Waals surface area contributed by atoms with Gasteiger partial charge in [0.25, 0.3) is 0 Å². The molecule has 1 aromatic rings. The van der Waals surface area contributed by atoms with Crippen LogP contribution < -0.4 is 4.74 Å². The molecular formula is C7H7NO2. The van der Waals surface area contributed by atoms with Crippen molar-refractivity contribution in [1.82, 2.24) is 4.98 Å². The van der Waals surface area contributed by atoms with E-state index in [1.807, 2.05) is 6.07 Å². The van der Waals surface area contributed by atoms with E-state index >= 15 is 0 Å². The molecule has 0 aliphatic carbocycles.